The third kappa shape index (κ3) is 2.96. The molecule has 0 saturated carbocycles. The number of imidazole rings is 1. The van der Waals surface area contributed by atoms with Gasteiger partial charge in [-0.25, -0.2) is 4.98 Å². The minimum absolute atomic E-state index is 0.192. The van der Waals surface area contributed by atoms with E-state index in [0.29, 0.717) is 0 Å². The number of para-hydroxylation sites is 2. The largest absolute Gasteiger partial charge is 0.349 e. The van der Waals surface area contributed by atoms with Crippen molar-refractivity contribution in [3.63, 3.8) is 0 Å². The van der Waals surface area contributed by atoms with Gasteiger partial charge in [0.05, 0.1) is 23.1 Å². The summed E-state index contributed by atoms with van der Waals surface area (Å²) >= 11 is 6.10. The predicted molar refractivity (Wildman–Crippen MR) is 116 cm³/mol. The number of halogens is 1. The molecule has 140 valence electrons. The number of hydrogen-bond donors (Lipinski definition) is 1. The Labute approximate surface area is 170 Å². The first-order valence-corrected chi connectivity index (χ1v) is 10.2. The highest BCUT2D eigenvalue weighted by Crippen LogP contribution is 2.41. The molecule has 3 aromatic carbocycles. The molecule has 4 heteroatoms. The van der Waals surface area contributed by atoms with Crippen LogP contribution in [0, 0.1) is 0 Å². The lowest BCUT2D eigenvalue weighted by molar-refractivity contribution is 0.477. The lowest BCUT2D eigenvalue weighted by Gasteiger charge is -2.33. The quantitative estimate of drug-likeness (QED) is 0.441. The van der Waals surface area contributed by atoms with E-state index >= 15 is 0 Å². The lowest BCUT2D eigenvalue weighted by Crippen LogP contribution is -2.27. The number of aryl methyl sites for hydroxylation is 1. The number of anilines is 1. The first-order chi connectivity index (χ1) is 13.7. The smallest absolute Gasteiger partial charge is 0.204 e. The second kappa shape index (κ2) is 6.99. The van der Waals surface area contributed by atoms with Gasteiger partial charge in [0, 0.05) is 5.02 Å². The number of aromatic nitrogens is 2. The Hall–Kier alpha value is -2.78. The van der Waals surface area contributed by atoms with Crippen molar-refractivity contribution >= 4 is 28.6 Å². The number of fused-ring (bicyclic) bond motifs is 3. The van der Waals surface area contributed by atoms with Gasteiger partial charge in [-0.3, -0.25) is 0 Å². The Morgan fingerprint density at radius 1 is 0.964 bits per heavy atom. The van der Waals surface area contributed by atoms with E-state index in [1.807, 2.05) is 18.2 Å². The molecule has 2 heterocycles. The summed E-state index contributed by atoms with van der Waals surface area (Å²) in [7, 11) is 0. The van der Waals surface area contributed by atoms with Crippen LogP contribution in [-0.4, -0.2) is 9.55 Å². The van der Waals surface area contributed by atoms with Crippen LogP contribution in [0.2, 0.25) is 5.02 Å². The summed E-state index contributed by atoms with van der Waals surface area (Å²) in [6, 6.07) is 25.9. The maximum absolute atomic E-state index is 6.10. The minimum atomic E-state index is 0.192. The molecule has 0 fully saturated rings. The SMILES string of the molecule is CCc1ccc([C@@H]2C[C@H](c3ccc(Cl)cc3)Nc3nc4ccccc4n32)cc1. The van der Waals surface area contributed by atoms with Gasteiger partial charge in [0.1, 0.15) is 0 Å². The van der Waals surface area contributed by atoms with E-state index in [1.54, 1.807) is 0 Å². The molecule has 0 spiro atoms. The Balaban J connectivity index is 1.63. The summed E-state index contributed by atoms with van der Waals surface area (Å²) in [5.41, 5.74) is 6.11. The fourth-order valence-electron chi connectivity index (χ4n) is 4.18. The van der Waals surface area contributed by atoms with Crippen molar-refractivity contribution in [2.45, 2.75) is 31.8 Å². The predicted octanol–water partition coefficient (Wildman–Crippen LogP) is 6.40. The van der Waals surface area contributed by atoms with E-state index in [1.165, 1.54) is 22.2 Å². The first-order valence-electron chi connectivity index (χ1n) is 9.80. The molecule has 1 aliphatic rings. The number of nitrogens with zero attached hydrogens (tertiary/aromatic N) is 2. The highest BCUT2D eigenvalue weighted by Gasteiger charge is 2.30. The third-order valence-corrected chi connectivity index (χ3v) is 5.97. The Morgan fingerprint density at radius 3 is 2.43 bits per heavy atom. The van der Waals surface area contributed by atoms with Gasteiger partial charge < -0.3 is 9.88 Å². The number of benzene rings is 3. The van der Waals surface area contributed by atoms with Crippen molar-refractivity contribution in [1.29, 1.82) is 0 Å². The summed E-state index contributed by atoms with van der Waals surface area (Å²) in [5, 5.41) is 4.42. The summed E-state index contributed by atoms with van der Waals surface area (Å²) in [4.78, 5) is 4.88. The molecule has 4 aromatic rings. The average molecular weight is 388 g/mol. The molecule has 5 rings (SSSR count). The molecule has 1 N–H and O–H groups in total. The molecule has 1 aliphatic heterocycles. The molecular formula is C24H22ClN3. The van der Waals surface area contributed by atoms with Gasteiger partial charge in [-0.2, -0.15) is 0 Å². The normalized spacial score (nSPS) is 18.6. The van der Waals surface area contributed by atoms with Crippen LogP contribution in [0.1, 0.15) is 42.1 Å². The molecule has 28 heavy (non-hydrogen) atoms. The van der Waals surface area contributed by atoms with Crippen molar-refractivity contribution in [3.05, 3.63) is 94.5 Å². The van der Waals surface area contributed by atoms with Crippen LogP contribution in [0.5, 0.6) is 0 Å². The highest BCUT2D eigenvalue weighted by atomic mass is 35.5. The molecule has 0 bridgehead atoms. The molecule has 0 unspecified atom stereocenters. The van der Waals surface area contributed by atoms with Gasteiger partial charge in [0.15, 0.2) is 0 Å². The molecule has 3 nitrogen and oxygen atoms in total. The maximum Gasteiger partial charge on any atom is 0.204 e. The van der Waals surface area contributed by atoms with Gasteiger partial charge in [-0.05, 0) is 53.8 Å². The minimum Gasteiger partial charge on any atom is -0.349 e. The van der Waals surface area contributed by atoms with Gasteiger partial charge >= 0.3 is 0 Å². The summed E-state index contributed by atoms with van der Waals surface area (Å²) in [6.07, 6.45) is 2.01. The van der Waals surface area contributed by atoms with Crippen LogP contribution < -0.4 is 5.32 Å². The van der Waals surface area contributed by atoms with Crippen molar-refractivity contribution in [1.82, 2.24) is 9.55 Å². The number of rotatable bonds is 3. The zero-order valence-electron chi connectivity index (χ0n) is 15.8. The fourth-order valence-corrected chi connectivity index (χ4v) is 4.31. The van der Waals surface area contributed by atoms with Crippen LogP contribution in [0.4, 0.5) is 5.95 Å². The molecule has 1 aromatic heterocycles. The molecule has 2 atom stereocenters. The zero-order chi connectivity index (χ0) is 19.1. The van der Waals surface area contributed by atoms with Gasteiger partial charge in [0.25, 0.3) is 0 Å². The molecule has 0 radical (unpaired) electrons. The second-order valence-electron chi connectivity index (χ2n) is 7.39. The van der Waals surface area contributed by atoms with Crippen LogP contribution >= 0.6 is 11.6 Å². The van der Waals surface area contributed by atoms with E-state index in [2.05, 4.69) is 71.4 Å². The van der Waals surface area contributed by atoms with Crippen molar-refractivity contribution < 1.29 is 0 Å². The summed E-state index contributed by atoms with van der Waals surface area (Å²) < 4.78 is 2.35. The summed E-state index contributed by atoms with van der Waals surface area (Å²) in [6.45, 7) is 2.19. The first kappa shape index (κ1) is 17.3. The van der Waals surface area contributed by atoms with Gasteiger partial charge in [-0.15, -0.1) is 0 Å². The Kier molecular flexibility index (Phi) is 4.33. The van der Waals surface area contributed by atoms with Gasteiger partial charge in [0.2, 0.25) is 5.95 Å². The van der Waals surface area contributed by atoms with E-state index in [4.69, 9.17) is 16.6 Å². The number of hydrogen-bond acceptors (Lipinski definition) is 2. The molecule has 0 saturated heterocycles. The van der Waals surface area contributed by atoms with Crippen LogP contribution in [-0.2, 0) is 6.42 Å². The van der Waals surface area contributed by atoms with E-state index in [0.717, 1.165) is 29.3 Å². The number of nitrogens with one attached hydrogen (secondary N) is 1. The molecular weight excluding hydrogens is 366 g/mol. The lowest BCUT2D eigenvalue weighted by atomic mass is 9.92. The van der Waals surface area contributed by atoms with Crippen molar-refractivity contribution in [2.24, 2.45) is 0 Å². The second-order valence-corrected chi connectivity index (χ2v) is 7.83. The monoisotopic (exact) mass is 387 g/mol. The van der Waals surface area contributed by atoms with E-state index in [-0.39, 0.29) is 12.1 Å². The van der Waals surface area contributed by atoms with E-state index in [9.17, 15) is 0 Å². The maximum atomic E-state index is 6.10. The average Bonchev–Trinajstić information content (AvgIpc) is 3.12. The standard InChI is InChI=1S/C24H22ClN3/c1-2-16-7-9-18(10-8-16)23-15-21(17-11-13-19(25)14-12-17)27-24-26-20-5-3-4-6-22(20)28(23)24/h3-14,21,23H,2,15H2,1H3,(H,26,27)/t21-,23+/m1/s1. The summed E-state index contributed by atoms with van der Waals surface area (Å²) in [5.74, 6) is 0.928. The van der Waals surface area contributed by atoms with Crippen molar-refractivity contribution in [3.8, 4) is 0 Å². The van der Waals surface area contributed by atoms with Crippen LogP contribution in [0.15, 0.2) is 72.8 Å². The fraction of sp³-hybridized carbons (Fsp3) is 0.208. The van der Waals surface area contributed by atoms with Crippen LogP contribution in [0.25, 0.3) is 11.0 Å². The van der Waals surface area contributed by atoms with Crippen LogP contribution in [0.3, 0.4) is 0 Å². The Bertz CT molecular complexity index is 1110. The van der Waals surface area contributed by atoms with E-state index < -0.39 is 0 Å². The van der Waals surface area contributed by atoms with Crippen molar-refractivity contribution in [2.75, 3.05) is 5.32 Å². The topological polar surface area (TPSA) is 29.9 Å². The zero-order valence-corrected chi connectivity index (χ0v) is 16.5. The molecule has 0 amide bonds. The Morgan fingerprint density at radius 2 is 1.68 bits per heavy atom. The third-order valence-electron chi connectivity index (χ3n) is 5.71. The highest BCUT2D eigenvalue weighted by molar-refractivity contribution is 6.30. The van der Waals surface area contributed by atoms with Gasteiger partial charge in [-0.1, -0.05) is 67.1 Å². The molecule has 0 aliphatic carbocycles.